The molecule has 1 atom stereocenters. The Balaban J connectivity index is 2.23. The number of hydrogen-bond acceptors (Lipinski definition) is 4. The molecule has 0 spiro atoms. The van der Waals surface area contributed by atoms with Crippen molar-refractivity contribution < 1.29 is 4.74 Å². The van der Waals surface area contributed by atoms with Crippen molar-refractivity contribution in [3.8, 4) is 5.75 Å². The number of aryl methyl sites for hydroxylation is 2. The molecule has 19 heavy (non-hydrogen) atoms. The minimum Gasteiger partial charge on any atom is -0.497 e. The summed E-state index contributed by atoms with van der Waals surface area (Å²) in [5.41, 5.74) is 8.97. The molecule has 0 aliphatic heterocycles. The van der Waals surface area contributed by atoms with Gasteiger partial charge in [-0.3, -0.25) is 0 Å². The molecule has 0 saturated carbocycles. The van der Waals surface area contributed by atoms with E-state index in [1.165, 1.54) is 15.3 Å². The number of nitrogen functional groups attached to an aromatic ring is 1. The first-order valence-corrected chi connectivity index (χ1v) is 7.10. The number of nitrogens with two attached hydrogens (primary N) is 1. The van der Waals surface area contributed by atoms with E-state index < -0.39 is 0 Å². The number of rotatable bonds is 4. The second-order valence-electron chi connectivity index (χ2n) is 4.69. The third kappa shape index (κ3) is 3.01. The first-order valence-electron chi connectivity index (χ1n) is 6.28. The third-order valence-electron chi connectivity index (χ3n) is 3.18. The lowest BCUT2D eigenvalue weighted by molar-refractivity contribution is 0.415. The van der Waals surface area contributed by atoms with Crippen LogP contribution >= 0.6 is 11.3 Å². The molecule has 1 unspecified atom stereocenters. The maximum atomic E-state index is 6.00. The molecule has 3 N–H and O–H groups in total. The van der Waals surface area contributed by atoms with Gasteiger partial charge in [-0.15, -0.1) is 11.3 Å². The number of benzene rings is 1. The van der Waals surface area contributed by atoms with Crippen molar-refractivity contribution in [2.24, 2.45) is 0 Å². The summed E-state index contributed by atoms with van der Waals surface area (Å²) < 4.78 is 5.23. The lowest BCUT2D eigenvalue weighted by atomic mass is 10.1. The largest absolute Gasteiger partial charge is 0.497 e. The van der Waals surface area contributed by atoms with E-state index in [0.29, 0.717) is 0 Å². The van der Waals surface area contributed by atoms with Gasteiger partial charge in [0.2, 0.25) is 0 Å². The van der Waals surface area contributed by atoms with Crippen molar-refractivity contribution >= 4 is 22.7 Å². The van der Waals surface area contributed by atoms with E-state index in [1.807, 2.05) is 29.5 Å². The Kier molecular flexibility index (Phi) is 4.00. The first-order chi connectivity index (χ1) is 9.01. The van der Waals surface area contributed by atoms with E-state index in [0.717, 1.165) is 17.1 Å². The predicted octanol–water partition coefficient (Wildman–Crippen LogP) is 4.13. The molecule has 2 aromatic rings. The van der Waals surface area contributed by atoms with Gasteiger partial charge < -0.3 is 15.8 Å². The minimum absolute atomic E-state index is 0.222. The lowest BCUT2D eigenvalue weighted by Gasteiger charge is -2.17. The summed E-state index contributed by atoms with van der Waals surface area (Å²) in [5, 5.41) is 3.46. The maximum Gasteiger partial charge on any atom is 0.121 e. The van der Waals surface area contributed by atoms with Crippen LogP contribution in [0.25, 0.3) is 0 Å². The van der Waals surface area contributed by atoms with Crippen LogP contribution in [-0.4, -0.2) is 7.11 Å². The summed E-state index contributed by atoms with van der Waals surface area (Å²) in [6, 6.07) is 8.11. The molecule has 0 aliphatic carbocycles. The van der Waals surface area contributed by atoms with Crippen molar-refractivity contribution in [2.45, 2.75) is 26.8 Å². The van der Waals surface area contributed by atoms with Crippen molar-refractivity contribution in [2.75, 3.05) is 18.2 Å². The monoisotopic (exact) mass is 276 g/mol. The summed E-state index contributed by atoms with van der Waals surface area (Å²) in [5.74, 6) is 0.808. The van der Waals surface area contributed by atoms with Crippen LogP contribution in [0.2, 0.25) is 0 Å². The van der Waals surface area contributed by atoms with Crippen LogP contribution in [0.5, 0.6) is 5.75 Å². The topological polar surface area (TPSA) is 47.3 Å². The fourth-order valence-electron chi connectivity index (χ4n) is 2.18. The molecule has 0 radical (unpaired) electrons. The summed E-state index contributed by atoms with van der Waals surface area (Å²) in [6.07, 6.45) is 0. The molecular weight excluding hydrogens is 256 g/mol. The Morgan fingerprint density at radius 1 is 1.26 bits per heavy atom. The Morgan fingerprint density at radius 2 is 2.00 bits per heavy atom. The van der Waals surface area contributed by atoms with Gasteiger partial charge in [0, 0.05) is 21.9 Å². The maximum absolute atomic E-state index is 6.00. The van der Waals surface area contributed by atoms with E-state index >= 15 is 0 Å². The van der Waals surface area contributed by atoms with Crippen molar-refractivity contribution in [1.82, 2.24) is 0 Å². The lowest BCUT2D eigenvalue weighted by Crippen LogP contribution is -2.08. The number of ether oxygens (including phenoxy) is 1. The number of methoxy groups -OCH3 is 1. The number of hydrogen-bond donors (Lipinski definition) is 2. The number of thiophene rings is 1. The Hall–Kier alpha value is -1.68. The van der Waals surface area contributed by atoms with Gasteiger partial charge in [0.25, 0.3) is 0 Å². The molecule has 0 bridgehead atoms. The van der Waals surface area contributed by atoms with Gasteiger partial charge in [-0.05, 0) is 44.5 Å². The summed E-state index contributed by atoms with van der Waals surface area (Å²) in [7, 11) is 1.66. The van der Waals surface area contributed by atoms with Crippen LogP contribution in [0.1, 0.15) is 28.3 Å². The van der Waals surface area contributed by atoms with Crippen LogP contribution < -0.4 is 15.8 Å². The van der Waals surface area contributed by atoms with Gasteiger partial charge in [-0.2, -0.15) is 0 Å². The highest BCUT2D eigenvalue weighted by Gasteiger charge is 2.12. The van der Waals surface area contributed by atoms with Crippen LogP contribution in [0.15, 0.2) is 24.3 Å². The van der Waals surface area contributed by atoms with E-state index in [2.05, 4.69) is 32.2 Å². The van der Waals surface area contributed by atoms with Gasteiger partial charge >= 0.3 is 0 Å². The normalized spacial score (nSPS) is 12.2. The smallest absolute Gasteiger partial charge is 0.121 e. The number of anilines is 2. The molecule has 1 aromatic heterocycles. The van der Waals surface area contributed by atoms with Crippen LogP contribution in [-0.2, 0) is 0 Å². The van der Waals surface area contributed by atoms with E-state index in [4.69, 9.17) is 10.5 Å². The first kappa shape index (κ1) is 13.7. The fourth-order valence-corrected chi connectivity index (χ4v) is 3.20. The molecule has 0 amide bonds. The molecule has 0 fully saturated rings. The molecule has 102 valence electrons. The van der Waals surface area contributed by atoms with Gasteiger partial charge in [0.15, 0.2) is 0 Å². The SMILES string of the molecule is COc1ccc(N)c(NC(C)c2cc(C)sc2C)c1. The number of nitrogens with one attached hydrogen (secondary N) is 1. The quantitative estimate of drug-likeness (QED) is 0.825. The molecule has 2 rings (SSSR count). The Morgan fingerprint density at radius 3 is 2.58 bits per heavy atom. The van der Waals surface area contributed by atoms with Gasteiger partial charge in [0.05, 0.1) is 18.5 Å². The highest BCUT2D eigenvalue weighted by atomic mass is 32.1. The van der Waals surface area contributed by atoms with Crippen LogP contribution in [0.4, 0.5) is 11.4 Å². The molecule has 1 heterocycles. The van der Waals surface area contributed by atoms with Crippen LogP contribution in [0.3, 0.4) is 0 Å². The van der Waals surface area contributed by atoms with E-state index in [1.54, 1.807) is 7.11 Å². The highest BCUT2D eigenvalue weighted by molar-refractivity contribution is 7.12. The van der Waals surface area contributed by atoms with Crippen molar-refractivity contribution in [3.05, 3.63) is 39.6 Å². The summed E-state index contributed by atoms with van der Waals surface area (Å²) >= 11 is 1.82. The molecular formula is C15H20N2OS. The molecule has 0 saturated heterocycles. The Bertz CT molecular complexity index is 578. The van der Waals surface area contributed by atoms with E-state index in [-0.39, 0.29) is 6.04 Å². The van der Waals surface area contributed by atoms with E-state index in [9.17, 15) is 0 Å². The average molecular weight is 276 g/mol. The minimum atomic E-state index is 0.222. The molecule has 1 aromatic carbocycles. The van der Waals surface area contributed by atoms with Gasteiger partial charge in [-0.1, -0.05) is 0 Å². The fraction of sp³-hybridized carbons (Fsp3) is 0.333. The standard InChI is InChI=1S/C15H20N2OS/c1-9-7-13(11(3)19-9)10(2)17-15-8-12(18-4)5-6-14(15)16/h5-8,10,17H,16H2,1-4H3. The zero-order valence-corrected chi connectivity index (χ0v) is 12.6. The molecule has 3 nitrogen and oxygen atoms in total. The highest BCUT2D eigenvalue weighted by Crippen LogP contribution is 2.31. The zero-order chi connectivity index (χ0) is 14.0. The van der Waals surface area contributed by atoms with Gasteiger partial charge in [0.1, 0.15) is 5.75 Å². The van der Waals surface area contributed by atoms with Crippen LogP contribution in [0, 0.1) is 13.8 Å². The average Bonchev–Trinajstić information content (AvgIpc) is 2.71. The Labute approximate surface area is 118 Å². The van der Waals surface area contributed by atoms with Gasteiger partial charge in [-0.25, -0.2) is 0 Å². The predicted molar refractivity (Wildman–Crippen MR) is 83.2 cm³/mol. The summed E-state index contributed by atoms with van der Waals surface area (Å²) in [4.78, 5) is 2.68. The third-order valence-corrected chi connectivity index (χ3v) is 4.16. The second kappa shape index (κ2) is 5.53. The summed E-state index contributed by atoms with van der Waals surface area (Å²) in [6.45, 7) is 6.43. The van der Waals surface area contributed by atoms with Crippen molar-refractivity contribution in [1.29, 1.82) is 0 Å². The molecule has 4 heteroatoms. The molecule has 0 aliphatic rings. The zero-order valence-electron chi connectivity index (χ0n) is 11.8. The second-order valence-corrected chi connectivity index (χ2v) is 6.15. The van der Waals surface area contributed by atoms with Crippen molar-refractivity contribution in [3.63, 3.8) is 0 Å².